The fourth-order valence-corrected chi connectivity index (χ4v) is 2.82. The smallest absolute Gasteiger partial charge is 0.191 e. The molecular formula is C20H31N5O. The number of hydrogen-bond acceptors (Lipinski definition) is 4. The van der Waals surface area contributed by atoms with Crippen LogP contribution in [0, 0.1) is 0 Å². The maximum absolute atomic E-state index is 5.41. The van der Waals surface area contributed by atoms with Gasteiger partial charge in [0.1, 0.15) is 5.76 Å². The number of benzene rings is 1. The molecule has 6 nitrogen and oxygen atoms in total. The first kappa shape index (κ1) is 19.8. The van der Waals surface area contributed by atoms with E-state index in [-0.39, 0.29) is 0 Å². The molecule has 0 saturated carbocycles. The van der Waals surface area contributed by atoms with Gasteiger partial charge in [0.25, 0.3) is 0 Å². The van der Waals surface area contributed by atoms with Crippen molar-refractivity contribution in [2.45, 2.75) is 39.7 Å². The highest BCUT2D eigenvalue weighted by atomic mass is 16.5. The molecule has 2 N–H and O–H groups in total. The number of hydrogen-bond donors (Lipinski definition) is 2. The van der Waals surface area contributed by atoms with Crippen LogP contribution in [-0.2, 0) is 25.8 Å². The number of aromatic nitrogens is 1. The molecule has 0 saturated heterocycles. The minimum atomic E-state index is 0.674. The monoisotopic (exact) mass is 357 g/mol. The molecule has 2 aromatic rings. The third-order valence-corrected chi connectivity index (χ3v) is 4.42. The molecule has 0 aliphatic rings. The predicted octanol–water partition coefficient (Wildman–Crippen LogP) is 2.77. The van der Waals surface area contributed by atoms with Gasteiger partial charge in [-0.05, 0) is 30.5 Å². The van der Waals surface area contributed by atoms with Gasteiger partial charge in [0, 0.05) is 51.9 Å². The number of aliphatic imine (C=N–C) groups is 1. The van der Waals surface area contributed by atoms with E-state index in [9.17, 15) is 0 Å². The highest BCUT2D eigenvalue weighted by Crippen LogP contribution is 2.15. The number of nitrogens with one attached hydrogen (secondary N) is 2. The molecule has 26 heavy (non-hydrogen) atoms. The molecule has 2 rings (SSSR count). The van der Waals surface area contributed by atoms with Crippen LogP contribution in [0.2, 0.25) is 0 Å². The molecule has 0 aliphatic heterocycles. The second-order valence-electron chi connectivity index (χ2n) is 6.40. The largest absolute Gasteiger partial charge is 0.378 e. The summed E-state index contributed by atoms with van der Waals surface area (Å²) < 4.78 is 5.41. The third kappa shape index (κ3) is 5.25. The van der Waals surface area contributed by atoms with Crippen LogP contribution in [0.1, 0.15) is 36.4 Å². The summed E-state index contributed by atoms with van der Waals surface area (Å²) in [7, 11) is 5.89. The van der Waals surface area contributed by atoms with E-state index in [1.807, 2.05) is 0 Å². The number of nitrogens with zero attached hydrogens (tertiary/aromatic N) is 3. The van der Waals surface area contributed by atoms with Gasteiger partial charge < -0.3 is 20.1 Å². The van der Waals surface area contributed by atoms with Gasteiger partial charge in [-0.3, -0.25) is 4.99 Å². The Morgan fingerprint density at radius 2 is 1.85 bits per heavy atom. The standard InChI is InChI=1S/C20H31N5O/c1-6-18-17(19(7-2)26-24-18)14-23-20(21-3)22-13-12-15-8-10-16(11-9-15)25(4)5/h8-11H,6-7,12-14H2,1-5H3,(H2,21,22,23). The molecule has 0 fully saturated rings. The molecule has 0 unspecified atom stereocenters. The van der Waals surface area contributed by atoms with Crippen molar-refractivity contribution in [2.75, 3.05) is 32.6 Å². The van der Waals surface area contributed by atoms with Crippen molar-refractivity contribution in [1.82, 2.24) is 15.8 Å². The van der Waals surface area contributed by atoms with Crippen molar-refractivity contribution >= 4 is 11.6 Å². The van der Waals surface area contributed by atoms with Gasteiger partial charge in [-0.1, -0.05) is 31.1 Å². The van der Waals surface area contributed by atoms with Crippen LogP contribution < -0.4 is 15.5 Å². The molecule has 0 amide bonds. The fraction of sp³-hybridized carbons (Fsp3) is 0.500. The highest BCUT2D eigenvalue weighted by Gasteiger charge is 2.13. The Kier molecular flexibility index (Phi) is 7.51. The normalized spacial score (nSPS) is 11.5. The molecule has 1 aromatic carbocycles. The average Bonchev–Trinajstić information content (AvgIpc) is 3.06. The van der Waals surface area contributed by atoms with Gasteiger partial charge in [-0.2, -0.15) is 0 Å². The van der Waals surface area contributed by atoms with Crippen molar-refractivity contribution < 1.29 is 4.52 Å². The zero-order chi connectivity index (χ0) is 18.9. The average molecular weight is 358 g/mol. The fourth-order valence-electron chi connectivity index (χ4n) is 2.82. The summed E-state index contributed by atoms with van der Waals surface area (Å²) in [5.74, 6) is 1.74. The second kappa shape index (κ2) is 9.85. The SMILES string of the molecule is CCc1noc(CC)c1CNC(=NC)NCCc1ccc(N(C)C)cc1. The Morgan fingerprint density at radius 1 is 1.12 bits per heavy atom. The van der Waals surface area contributed by atoms with Crippen LogP contribution in [0.5, 0.6) is 0 Å². The number of guanidine groups is 1. The number of anilines is 1. The van der Waals surface area contributed by atoms with E-state index in [1.54, 1.807) is 7.05 Å². The molecule has 0 bridgehead atoms. The van der Waals surface area contributed by atoms with E-state index >= 15 is 0 Å². The maximum atomic E-state index is 5.41. The number of rotatable bonds is 8. The van der Waals surface area contributed by atoms with Crippen LogP contribution in [0.4, 0.5) is 5.69 Å². The van der Waals surface area contributed by atoms with E-state index in [1.165, 1.54) is 11.3 Å². The lowest BCUT2D eigenvalue weighted by molar-refractivity contribution is 0.380. The Balaban J connectivity index is 1.84. The van der Waals surface area contributed by atoms with Gasteiger partial charge in [-0.25, -0.2) is 0 Å². The van der Waals surface area contributed by atoms with Gasteiger partial charge in [0.15, 0.2) is 5.96 Å². The molecule has 1 aromatic heterocycles. The van der Waals surface area contributed by atoms with Gasteiger partial charge in [0.2, 0.25) is 0 Å². The van der Waals surface area contributed by atoms with Crippen LogP contribution >= 0.6 is 0 Å². The Bertz CT molecular complexity index is 682. The molecule has 142 valence electrons. The lowest BCUT2D eigenvalue weighted by atomic mass is 10.1. The van der Waals surface area contributed by atoms with E-state index in [0.29, 0.717) is 6.54 Å². The van der Waals surface area contributed by atoms with E-state index in [2.05, 4.69) is 77.9 Å². The summed E-state index contributed by atoms with van der Waals surface area (Å²) in [6.07, 6.45) is 2.66. The molecular weight excluding hydrogens is 326 g/mol. The van der Waals surface area contributed by atoms with E-state index in [0.717, 1.165) is 48.8 Å². The highest BCUT2D eigenvalue weighted by molar-refractivity contribution is 5.79. The summed E-state index contributed by atoms with van der Waals surface area (Å²) in [5.41, 5.74) is 4.69. The van der Waals surface area contributed by atoms with Gasteiger partial charge in [-0.15, -0.1) is 0 Å². The summed E-state index contributed by atoms with van der Waals surface area (Å²) in [6, 6.07) is 8.64. The first-order valence-corrected chi connectivity index (χ1v) is 9.26. The molecule has 1 heterocycles. The van der Waals surface area contributed by atoms with Crippen LogP contribution in [0.3, 0.4) is 0 Å². The Hall–Kier alpha value is -2.50. The maximum Gasteiger partial charge on any atom is 0.191 e. The third-order valence-electron chi connectivity index (χ3n) is 4.42. The summed E-state index contributed by atoms with van der Waals surface area (Å²) in [4.78, 5) is 6.41. The lowest BCUT2D eigenvalue weighted by Gasteiger charge is -2.14. The minimum Gasteiger partial charge on any atom is -0.378 e. The van der Waals surface area contributed by atoms with E-state index in [4.69, 9.17) is 4.52 Å². The first-order valence-electron chi connectivity index (χ1n) is 9.26. The summed E-state index contributed by atoms with van der Waals surface area (Å²) >= 11 is 0. The van der Waals surface area contributed by atoms with Crippen molar-refractivity contribution in [1.29, 1.82) is 0 Å². The minimum absolute atomic E-state index is 0.674. The van der Waals surface area contributed by atoms with Gasteiger partial charge in [0.05, 0.1) is 5.69 Å². The predicted molar refractivity (Wildman–Crippen MR) is 108 cm³/mol. The topological polar surface area (TPSA) is 65.7 Å². The zero-order valence-corrected chi connectivity index (χ0v) is 16.6. The van der Waals surface area contributed by atoms with Crippen LogP contribution in [0.25, 0.3) is 0 Å². The molecule has 0 aliphatic carbocycles. The molecule has 0 radical (unpaired) electrons. The van der Waals surface area contributed by atoms with Crippen molar-refractivity contribution in [3.8, 4) is 0 Å². The van der Waals surface area contributed by atoms with Gasteiger partial charge >= 0.3 is 0 Å². The Labute approximate surface area is 156 Å². The molecule has 0 spiro atoms. The second-order valence-corrected chi connectivity index (χ2v) is 6.40. The molecule has 0 atom stereocenters. The molecule has 6 heteroatoms. The first-order chi connectivity index (χ1) is 12.6. The van der Waals surface area contributed by atoms with E-state index < -0.39 is 0 Å². The van der Waals surface area contributed by atoms with Crippen LogP contribution in [0.15, 0.2) is 33.8 Å². The quantitative estimate of drug-likeness (QED) is 0.562. The van der Waals surface area contributed by atoms with Crippen molar-refractivity contribution in [2.24, 2.45) is 4.99 Å². The summed E-state index contributed by atoms with van der Waals surface area (Å²) in [6.45, 7) is 5.67. The zero-order valence-electron chi connectivity index (χ0n) is 16.6. The van der Waals surface area contributed by atoms with Crippen molar-refractivity contribution in [3.05, 3.63) is 46.8 Å². The lowest BCUT2D eigenvalue weighted by Crippen LogP contribution is -2.38. The summed E-state index contributed by atoms with van der Waals surface area (Å²) in [5, 5.41) is 10.9. The Morgan fingerprint density at radius 3 is 2.42 bits per heavy atom. The van der Waals surface area contributed by atoms with Crippen molar-refractivity contribution in [3.63, 3.8) is 0 Å². The number of aryl methyl sites for hydroxylation is 2. The van der Waals surface area contributed by atoms with Crippen LogP contribution in [-0.4, -0.2) is 38.8 Å².